The summed E-state index contributed by atoms with van der Waals surface area (Å²) in [6, 6.07) is 9.52. The molecule has 5 N–H and O–H groups in total. The van der Waals surface area contributed by atoms with E-state index >= 15 is 0 Å². The van der Waals surface area contributed by atoms with Crippen LogP contribution in [-0.2, 0) is 4.79 Å². The van der Waals surface area contributed by atoms with Crippen molar-refractivity contribution in [3.63, 3.8) is 0 Å². The second-order valence-electron chi connectivity index (χ2n) is 4.48. The second kappa shape index (κ2) is 8.16. The number of carbonyl (C=O) groups excluding carboxylic acids is 1. The molecule has 5 heteroatoms. The van der Waals surface area contributed by atoms with Gasteiger partial charge in [-0.3, -0.25) is 4.79 Å². The molecule has 1 aliphatic carbocycles. The fourth-order valence-electron chi connectivity index (χ4n) is 1.89. The Bertz CT molecular complexity index is 549. The first-order valence-corrected chi connectivity index (χ1v) is 6.41. The van der Waals surface area contributed by atoms with E-state index < -0.39 is 18.5 Å². The number of carbonyl (C=O) groups is 1. The maximum Gasteiger partial charge on any atom is 0.186 e. The van der Waals surface area contributed by atoms with Crippen LogP contribution in [0, 0.1) is 0 Å². The van der Waals surface area contributed by atoms with Crippen LogP contribution < -0.4 is 5.32 Å². The maximum absolute atomic E-state index is 11.7. The summed E-state index contributed by atoms with van der Waals surface area (Å²) in [5.74, 6) is -0.498. The largest absolute Gasteiger partial charge is 0.412 e. The van der Waals surface area contributed by atoms with Gasteiger partial charge in [-0.25, -0.2) is 0 Å². The summed E-state index contributed by atoms with van der Waals surface area (Å²) < 4.78 is 0. The van der Waals surface area contributed by atoms with Gasteiger partial charge in [-0.05, 0) is 23.8 Å². The SMILES string of the molecule is O.O=C(C=C1C=CC=CC1Nc1ccccc1)C(O)CO. The first-order valence-electron chi connectivity index (χ1n) is 6.41. The van der Waals surface area contributed by atoms with Gasteiger partial charge >= 0.3 is 0 Å². The van der Waals surface area contributed by atoms with Crippen molar-refractivity contribution in [1.29, 1.82) is 0 Å². The fourth-order valence-corrected chi connectivity index (χ4v) is 1.89. The normalized spacial score (nSPS) is 19.9. The van der Waals surface area contributed by atoms with Crippen LogP contribution >= 0.6 is 0 Å². The van der Waals surface area contributed by atoms with Gasteiger partial charge in [-0.2, -0.15) is 0 Å². The van der Waals surface area contributed by atoms with Crippen molar-refractivity contribution in [2.45, 2.75) is 12.1 Å². The van der Waals surface area contributed by atoms with Gasteiger partial charge in [-0.1, -0.05) is 42.5 Å². The molecule has 0 heterocycles. The lowest BCUT2D eigenvalue weighted by Crippen LogP contribution is -2.25. The van der Waals surface area contributed by atoms with Crippen molar-refractivity contribution in [3.8, 4) is 0 Å². The minimum Gasteiger partial charge on any atom is -0.412 e. The van der Waals surface area contributed by atoms with Gasteiger partial charge in [0.2, 0.25) is 0 Å². The Kier molecular flexibility index (Phi) is 6.55. The standard InChI is InChI=1S/C16H17NO3.H2O/c18-11-16(20)15(19)10-12-6-4-5-9-14(12)17-13-7-2-1-3-8-13;/h1-10,14,16-18,20H,11H2;1H2. The van der Waals surface area contributed by atoms with E-state index in [2.05, 4.69) is 5.32 Å². The number of nitrogens with one attached hydrogen (secondary N) is 1. The van der Waals surface area contributed by atoms with Crippen LogP contribution in [0.1, 0.15) is 0 Å². The van der Waals surface area contributed by atoms with Gasteiger partial charge < -0.3 is 21.0 Å². The van der Waals surface area contributed by atoms with E-state index in [9.17, 15) is 9.90 Å². The molecule has 0 aromatic heterocycles. The van der Waals surface area contributed by atoms with E-state index in [1.807, 2.05) is 54.6 Å². The van der Waals surface area contributed by atoms with Crippen LogP contribution in [0.25, 0.3) is 0 Å². The Labute approximate surface area is 123 Å². The molecule has 0 aliphatic heterocycles. The highest BCUT2D eigenvalue weighted by atomic mass is 16.3. The maximum atomic E-state index is 11.7. The predicted octanol–water partition coefficient (Wildman–Crippen LogP) is 0.617. The van der Waals surface area contributed by atoms with Crippen LogP contribution in [0.3, 0.4) is 0 Å². The van der Waals surface area contributed by atoms with Crippen molar-refractivity contribution in [3.05, 3.63) is 66.3 Å². The summed E-state index contributed by atoms with van der Waals surface area (Å²) in [7, 11) is 0. The molecule has 0 radical (unpaired) electrons. The average molecular weight is 289 g/mol. The van der Waals surface area contributed by atoms with Crippen molar-refractivity contribution in [1.82, 2.24) is 0 Å². The summed E-state index contributed by atoms with van der Waals surface area (Å²) in [6.07, 6.45) is 7.46. The van der Waals surface area contributed by atoms with Crippen LogP contribution in [0.5, 0.6) is 0 Å². The molecule has 2 atom stereocenters. The van der Waals surface area contributed by atoms with Crippen LogP contribution in [0.15, 0.2) is 66.3 Å². The van der Waals surface area contributed by atoms with E-state index in [-0.39, 0.29) is 11.5 Å². The number of benzene rings is 1. The zero-order valence-corrected chi connectivity index (χ0v) is 11.4. The lowest BCUT2D eigenvalue weighted by molar-refractivity contribution is -0.124. The van der Waals surface area contributed by atoms with Crippen molar-refractivity contribution >= 4 is 11.5 Å². The highest BCUT2D eigenvalue weighted by Gasteiger charge is 2.16. The van der Waals surface area contributed by atoms with E-state index in [4.69, 9.17) is 5.11 Å². The summed E-state index contributed by atoms with van der Waals surface area (Å²) in [5, 5.41) is 21.4. The lowest BCUT2D eigenvalue weighted by Gasteiger charge is -2.20. The number of hydrogen-bond donors (Lipinski definition) is 3. The molecular weight excluding hydrogens is 270 g/mol. The number of anilines is 1. The summed E-state index contributed by atoms with van der Waals surface area (Å²) >= 11 is 0. The molecule has 0 amide bonds. The molecule has 0 saturated carbocycles. The molecule has 0 spiro atoms. The number of rotatable bonds is 5. The number of para-hydroxylation sites is 1. The third-order valence-corrected chi connectivity index (χ3v) is 2.97. The topological polar surface area (TPSA) is 101 Å². The number of allylic oxidation sites excluding steroid dienone is 2. The first kappa shape index (κ1) is 16.8. The minimum atomic E-state index is -1.36. The fraction of sp³-hybridized carbons (Fsp3) is 0.188. The monoisotopic (exact) mass is 289 g/mol. The smallest absolute Gasteiger partial charge is 0.186 e. The number of aliphatic hydroxyl groups excluding tert-OH is 2. The zero-order chi connectivity index (χ0) is 14.4. The van der Waals surface area contributed by atoms with Gasteiger partial charge in [0.1, 0.15) is 6.10 Å². The molecule has 2 unspecified atom stereocenters. The van der Waals surface area contributed by atoms with Crippen molar-refractivity contribution < 1.29 is 20.5 Å². The Balaban J connectivity index is 0.00000220. The zero-order valence-electron chi connectivity index (χ0n) is 11.4. The Morgan fingerprint density at radius 1 is 1.29 bits per heavy atom. The summed E-state index contributed by atoms with van der Waals surface area (Å²) in [4.78, 5) is 11.7. The molecule has 0 fully saturated rings. The van der Waals surface area contributed by atoms with Crippen molar-refractivity contribution in [2.75, 3.05) is 11.9 Å². The molecule has 112 valence electrons. The molecule has 1 aromatic rings. The molecule has 0 saturated heterocycles. The molecule has 21 heavy (non-hydrogen) atoms. The second-order valence-corrected chi connectivity index (χ2v) is 4.48. The molecular formula is C16H19NO4. The Hall–Kier alpha value is -2.21. The van der Waals surface area contributed by atoms with Gasteiger partial charge in [0.25, 0.3) is 0 Å². The third-order valence-electron chi connectivity index (χ3n) is 2.97. The van der Waals surface area contributed by atoms with E-state index in [1.165, 1.54) is 6.08 Å². The van der Waals surface area contributed by atoms with Crippen LogP contribution in [-0.4, -0.2) is 40.2 Å². The first-order chi connectivity index (χ1) is 9.70. The number of aliphatic hydroxyl groups is 2. The van der Waals surface area contributed by atoms with Gasteiger partial charge in [0.15, 0.2) is 5.78 Å². The summed E-state index contributed by atoms with van der Waals surface area (Å²) in [6.45, 7) is -0.570. The van der Waals surface area contributed by atoms with E-state index in [1.54, 1.807) is 0 Å². The molecule has 0 bridgehead atoms. The van der Waals surface area contributed by atoms with Gasteiger partial charge in [0, 0.05) is 5.69 Å². The number of ketones is 1. The third kappa shape index (κ3) is 4.68. The minimum absolute atomic E-state index is 0. The van der Waals surface area contributed by atoms with Gasteiger partial charge in [0.05, 0.1) is 12.6 Å². The number of hydrogen-bond acceptors (Lipinski definition) is 4. The van der Waals surface area contributed by atoms with Crippen molar-refractivity contribution in [2.24, 2.45) is 0 Å². The predicted molar refractivity (Wildman–Crippen MR) is 81.9 cm³/mol. The Morgan fingerprint density at radius 2 is 2.00 bits per heavy atom. The van der Waals surface area contributed by atoms with E-state index in [0.29, 0.717) is 0 Å². The average Bonchev–Trinajstić information content (AvgIpc) is 2.49. The molecule has 2 rings (SSSR count). The highest BCUT2D eigenvalue weighted by Crippen LogP contribution is 2.17. The quantitative estimate of drug-likeness (QED) is 0.691. The van der Waals surface area contributed by atoms with Crippen LogP contribution in [0.4, 0.5) is 5.69 Å². The molecule has 1 aliphatic rings. The lowest BCUT2D eigenvalue weighted by atomic mass is 9.99. The highest BCUT2D eigenvalue weighted by molar-refractivity contribution is 5.94. The summed E-state index contributed by atoms with van der Waals surface area (Å²) in [5.41, 5.74) is 1.69. The van der Waals surface area contributed by atoms with Gasteiger partial charge in [-0.15, -0.1) is 0 Å². The molecule has 1 aromatic carbocycles. The Morgan fingerprint density at radius 3 is 2.67 bits per heavy atom. The molecule has 5 nitrogen and oxygen atoms in total. The van der Waals surface area contributed by atoms with E-state index in [0.717, 1.165) is 11.3 Å². The van der Waals surface area contributed by atoms with Crippen LogP contribution in [0.2, 0.25) is 0 Å².